The molecular formula is C15H13ClN2O4. The summed E-state index contributed by atoms with van der Waals surface area (Å²) in [5.74, 6) is -0.715. The quantitative estimate of drug-likeness (QED) is 0.904. The van der Waals surface area contributed by atoms with E-state index >= 15 is 0 Å². The lowest BCUT2D eigenvalue weighted by Crippen LogP contribution is -2.13. The highest BCUT2D eigenvalue weighted by molar-refractivity contribution is 6.32. The molecule has 1 aromatic heterocycles. The van der Waals surface area contributed by atoms with E-state index in [1.54, 1.807) is 13.0 Å². The number of hydrogen-bond donors (Lipinski definition) is 2. The maximum Gasteiger partial charge on any atom is 0.337 e. The van der Waals surface area contributed by atoms with Gasteiger partial charge in [0, 0.05) is 11.8 Å². The molecule has 2 rings (SSSR count). The summed E-state index contributed by atoms with van der Waals surface area (Å²) in [6.45, 7) is 1.78. The van der Waals surface area contributed by atoms with E-state index in [1.807, 2.05) is 0 Å². The maximum absolute atomic E-state index is 12.2. The van der Waals surface area contributed by atoms with Crippen molar-refractivity contribution in [1.82, 2.24) is 4.98 Å². The molecule has 7 heteroatoms. The molecule has 114 valence electrons. The molecule has 0 spiro atoms. The highest BCUT2D eigenvalue weighted by Gasteiger charge is 2.13. The second-order valence-corrected chi connectivity index (χ2v) is 4.91. The number of anilines is 1. The number of carboxylic acids is 1. The van der Waals surface area contributed by atoms with Crippen LogP contribution in [0.1, 0.15) is 26.3 Å². The molecule has 0 aliphatic rings. The molecule has 2 N–H and O–H groups in total. The summed E-state index contributed by atoms with van der Waals surface area (Å²) in [5, 5.41) is 11.7. The molecule has 1 heterocycles. The summed E-state index contributed by atoms with van der Waals surface area (Å²) < 4.78 is 5.13. The van der Waals surface area contributed by atoms with Gasteiger partial charge in [0.1, 0.15) is 11.6 Å². The largest absolute Gasteiger partial charge is 0.495 e. The van der Waals surface area contributed by atoms with Gasteiger partial charge in [-0.15, -0.1) is 0 Å². The van der Waals surface area contributed by atoms with Crippen LogP contribution in [0.15, 0.2) is 30.5 Å². The van der Waals surface area contributed by atoms with E-state index in [0.29, 0.717) is 16.3 Å². The lowest BCUT2D eigenvalue weighted by molar-refractivity contribution is 0.0696. The number of aromatic carboxylic acids is 1. The third kappa shape index (κ3) is 3.35. The first-order chi connectivity index (χ1) is 10.4. The number of carboxylic acid groups (broad SMARTS) is 1. The molecule has 0 aliphatic carbocycles. The van der Waals surface area contributed by atoms with Gasteiger partial charge in [-0.05, 0) is 36.8 Å². The molecule has 0 saturated carbocycles. The first kappa shape index (κ1) is 15.8. The second kappa shape index (κ2) is 6.44. The van der Waals surface area contributed by atoms with Gasteiger partial charge in [-0.3, -0.25) is 4.79 Å². The van der Waals surface area contributed by atoms with Crippen LogP contribution in [0.4, 0.5) is 5.82 Å². The van der Waals surface area contributed by atoms with E-state index in [1.165, 1.54) is 31.5 Å². The summed E-state index contributed by atoms with van der Waals surface area (Å²) >= 11 is 6.05. The third-order valence-corrected chi connectivity index (χ3v) is 3.23. The molecule has 0 radical (unpaired) electrons. The molecule has 1 aromatic carbocycles. The molecule has 6 nitrogen and oxygen atoms in total. The summed E-state index contributed by atoms with van der Waals surface area (Å²) in [7, 11) is 1.50. The van der Waals surface area contributed by atoms with Crippen molar-refractivity contribution in [3.8, 4) is 5.75 Å². The lowest BCUT2D eigenvalue weighted by atomic mass is 10.1. The van der Waals surface area contributed by atoms with Crippen LogP contribution in [0.2, 0.25) is 5.02 Å². The van der Waals surface area contributed by atoms with Crippen molar-refractivity contribution in [3.63, 3.8) is 0 Å². The van der Waals surface area contributed by atoms with Crippen LogP contribution in [-0.2, 0) is 0 Å². The molecule has 0 aliphatic heterocycles. The van der Waals surface area contributed by atoms with E-state index in [0.717, 1.165) is 5.56 Å². The van der Waals surface area contributed by atoms with Crippen molar-refractivity contribution in [2.75, 3.05) is 12.4 Å². The average Bonchev–Trinajstić information content (AvgIpc) is 2.47. The van der Waals surface area contributed by atoms with Gasteiger partial charge in [-0.2, -0.15) is 0 Å². The van der Waals surface area contributed by atoms with E-state index in [4.69, 9.17) is 21.4 Å². The number of carbonyl (C=O) groups is 2. The number of ether oxygens (including phenoxy) is 1. The highest BCUT2D eigenvalue weighted by atomic mass is 35.5. The average molecular weight is 321 g/mol. The Bertz CT molecular complexity index is 706. The Hall–Kier alpha value is -2.60. The number of rotatable bonds is 4. The van der Waals surface area contributed by atoms with Crippen molar-refractivity contribution < 1.29 is 19.4 Å². The Morgan fingerprint density at radius 2 is 2.00 bits per heavy atom. The topological polar surface area (TPSA) is 88.5 Å². The summed E-state index contributed by atoms with van der Waals surface area (Å²) in [6.07, 6.45) is 1.17. The summed E-state index contributed by atoms with van der Waals surface area (Å²) in [4.78, 5) is 26.8. The van der Waals surface area contributed by atoms with Crippen molar-refractivity contribution in [2.24, 2.45) is 0 Å². The number of benzene rings is 1. The van der Waals surface area contributed by atoms with Crippen LogP contribution in [-0.4, -0.2) is 29.1 Å². The lowest BCUT2D eigenvalue weighted by Gasteiger charge is -2.10. The van der Waals surface area contributed by atoms with E-state index in [9.17, 15) is 9.59 Å². The monoisotopic (exact) mass is 320 g/mol. The Kier molecular flexibility index (Phi) is 4.62. The molecule has 0 fully saturated rings. The molecule has 0 bridgehead atoms. The van der Waals surface area contributed by atoms with Gasteiger partial charge < -0.3 is 15.2 Å². The van der Waals surface area contributed by atoms with Crippen molar-refractivity contribution >= 4 is 29.3 Å². The van der Waals surface area contributed by atoms with Gasteiger partial charge in [0.05, 0.1) is 17.7 Å². The van der Waals surface area contributed by atoms with Crippen LogP contribution in [0.3, 0.4) is 0 Å². The minimum Gasteiger partial charge on any atom is -0.495 e. The van der Waals surface area contributed by atoms with Gasteiger partial charge in [0.15, 0.2) is 0 Å². The normalized spacial score (nSPS) is 10.1. The number of carbonyl (C=O) groups excluding carboxylic acids is 1. The summed E-state index contributed by atoms with van der Waals surface area (Å²) in [5.41, 5.74) is 1.13. The standard InChI is InChI=1S/C15H13ClN2O4/c1-8-5-10(6-11(16)13(8)22-2)14(19)18-12-4-3-9(7-17-12)15(20)21/h3-7H,1-2H3,(H,20,21)(H,17,18,19). The van der Waals surface area contributed by atoms with Crippen molar-refractivity contribution in [2.45, 2.75) is 6.92 Å². The van der Waals surface area contributed by atoms with E-state index < -0.39 is 11.9 Å². The fourth-order valence-electron chi connectivity index (χ4n) is 1.90. The van der Waals surface area contributed by atoms with Crippen LogP contribution in [0.5, 0.6) is 5.75 Å². The van der Waals surface area contributed by atoms with Gasteiger partial charge in [-0.1, -0.05) is 11.6 Å². The van der Waals surface area contributed by atoms with Crippen LogP contribution >= 0.6 is 11.6 Å². The molecule has 0 saturated heterocycles. The molecule has 1 amide bonds. The summed E-state index contributed by atoms with van der Waals surface area (Å²) in [6, 6.07) is 5.91. The van der Waals surface area contributed by atoms with Crippen LogP contribution < -0.4 is 10.1 Å². The molecule has 2 aromatic rings. The Labute approximate surface area is 131 Å². The number of hydrogen-bond acceptors (Lipinski definition) is 4. The van der Waals surface area contributed by atoms with Gasteiger partial charge in [0.25, 0.3) is 5.91 Å². The number of aryl methyl sites for hydroxylation is 1. The predicted octanol–water partition coefficient (Wildman–Crippen LogP) is 3.00. The first-order valence-electron chi connectivity index (χ1n) is 6.27. The Balaban J connectivity index is 2.20. The van der Waals surface area contributed by atoms with Gasteiger partial charge >= 0.3 is 5.97 Å². The van der Waals surface area contributed by atoms with Crippen molar-refractivity contribution in [1.29, 1.82) is 0 Å². The minimum atomic E-state index is -1.08. The smallest absolute Gasteiger partial charge is 0.337 e. The van der Waals surface area contributed by atoms with Crippen molar-refractivity contribution in [3.05, 3.63) is 52.2 Å². The number of nitrogens with one attached hydrogen (secondary N) is 1. The Morgan fingerprint density at radius 3 is 2.50 bits per heavy atom. The fraction of sp³-hybridized carbons (Fsp3) is 0.133. The molecular weight excluding hydrogens is 308 g/mol. The fourth-order valence-corrected chi connectivity index (χ4v) is 2.25. The van der Waals surface area contributed by atoms with Crippen LogP contribution in [0, 0.1) is 6.92 Å². The number of methoxy groups -OCH3 is 1. The molecule has 0 atom stereocenters. The maximum atomic E-state index is 12.2. The number of pyridine rings is 1. The van der Waals surface area contributed by atoms with E-state index in [2.05, 4.69) is 10.3 Å². The SMILES string of the molecule is COc1c(C)cc(C(=O)Nc2ccc(C(=O)O)cn2)cc1Cl. The zero-order valence-electron chi connectivity index (χ0n) is 11.9. The second-order valence-electron chi connectivity index (χ2n) is 4.50. The van der Waals surface area contributed by atoms with E-state index in [-0.39, 0.29) is 11.4 Å². The van der Waals surface area contributed by atoms with Gasteiger partial charge in [-0.25, -0.2) is 9.78 Å². The third-order valence-electron chi connectivity index (χ3n) is 2.95. The zero-order valence-corrected chi connectivity index (χ0v) is 12.6. The zero-order chi connectivity index (χ0) is 16.3. The molecule has 22 heavy (non-hydrogen) atoms. The number of amides is 1. The predicted molar refractivity (Wildman–Crippen MR) is 81.9 cm³/mol. The number of aromatic nitrogens is 1. The highest BCUT2D eigenvalue weighted by Crippen LogP contribution is 2.29. The number of halogens is 1. The molecule has 0 unspecified atom stereocenters. The Morgan fingerprint density at radius 1 is 1.27 bits per heavy atom. The first-order valence-corrected chi connectivity index (χ1v) is 6.65. The van der Waals surface area contributed by atoms with Gasteiger partial charge in [0.2, 0.25) is 0 Å². The minimum absolute atomic E-state index is 0.0429. The van der Waals surface area contributed by atoms with Crippen LogP contribution in [0.25, 0.3) is 0 Å². The number of nitrogens with zero attached hydrogens (tertiary/aromatic N) is 1.